The summed E-state index contributed by atoms with van der Waals surface area (Å²) in [6.45, 7) is 5.51. The molecule has 0 saturated heterocycles. The molecule has 174 valence electrons. The quantitative estimate of drug-likeness (QED) is 0.403. The minimum atomic E-state index is -0.591. The van der Waals surface area contributed by atoms with Crippen molar-refractivity contribution < 1.29 is 19.1 Å². The second kappa shape index (κ2) is 9.88. The molecule has 0 unspecified atom stereocenters. The number of carbonyl (C=O) groups is 2. The molecule has 9 heteroatoms. The zero-order chi connectivity index (χ0) is 24.2. The largest absolute Gasteiger partial charge is 0.484 e. The molecule has 0 aliphatic rings. The summed E-state index contributed by atoms with van der Waals surface area (Å²) in [4.78, 5) is 42.0. The monoisotopic (exact) mass is 477 g/mol. The first kappa shape index (κ1) is 23.2. The highest BCUT2D eigenvalue weighted by molar-refractivity contribution is 7.15. The van der Waals surface area contributed by atoms with Gasteiger partial charge in [0.05, 0.1) is 11.3 Å². The number of ether oxygens (including phenoxy) is 2. The number of thiazole rings is 1. The van der Waals surface area contributed by atoms with Gasteiger partial charge in [0.2, 0.25) is 0 Å². The van der Waals surface area contributed by atoms with Crippen LogP contribution in [0.1, 0.15) is 32.9 Å². The van der Waals surface area contributed by atoms with Crippen LogP contribution in [0.3, 0.4) is 0 Å². The van der Waals surface area contributed by atoms with Gasteiger partial charge in [0.25, 0.3) is 11.5 Å². The highest BCUT2D eigenvalue weighted by Crippen LogP contribution is 2.17. The second-order valence-electron chi connectivity index (χ2n) is 7.82. The van der Waals surface area contributed by atoms with E-state index in [1.165, 1.54) is 27.9 Å². The summed E-state index contributed by atoms with van der Waals surface area (Å²) in [6.07, 6.45) is 0. The minimum absolute atomic E-state index is 0.137. The van der Waals surface area contributed by atoms with Gasteiger partial charge in [-0.25, -0.2) is 9.78 Å². The normalized spacial score (nSPS) is 10.8. The SMILES string of the molecule is Cc1ccc(OCC(=O)Nc2cccc(C(=O)OCc3cc(=O)n4c(C)csc4n3)c2)cc1C. The predicted octanol–water partition coefficient (Wildman–Crippen LogP) is 4.06. The second-order valence-corrected chi connectivity index (χ2v) is 8.66. The standard InChI is InChI=1S/C25H23N3O5S/c1-15-7-8-21(9-16(15)2)32-13-22(29)26-19-6-4-5-18(10-19)24(31)33-12-20-11-23(30)28-17(3)14-34-25(28)27-20/h4-11,14H,12-13H2,1-3H3,(H,26,29). The summed E-state index contributed by atoms with van der Waals surface area (Å²) in [5, 5.41) is 4.55. The lowest BCUT2D eigenvalue weighted by Crippen LogP contribution is -2.20. The number of fused-ring (bicyclic) bond motifs is 1. The Morgan fingerprint density at radius 3 is 2.68 bits per heavy atom. The molecule has 0 spiro atoms. The summed E-state index contributed by atoms with van der Waals surface area (Å²) in [7, 11) is 0. The van der Waals surface area contributed by atoms with Crippen LogP contribution in [-0.4, -0.2) is 27.9 Å². The van der Waals surface area contributed by atoms with Crippen LogP contribution in [0.4, 0.5) is 5.69 Å². The fourth-order valence-electron chi connectivity index (χ4n) is 3.27. The number of aryl methyl sites for hydroxylation is 3. The van der Waals surface area contributed by atoms with Crippen LogP contribution >= 0.6 is 11.3 Å². The van der Waals surface area contributed by atoms with Gasteiger partial charge in [-0.3, -0.25) is 14.0 Å². The van der Waals surface area contributed by atoms with Crippen molar-refractivity contribution in [2.75, 3.05) is 11.9 Å². The summed E-state index contributed by atoms with van der Waals surface area (Å²) in [5.74, 6) is -0.334. The number of benzene rings is 2. The molecule has 0 aliphatic heterocycles. The number of carbonyl (C=O) groups excluding carboxylic acids is 2. The van der Waals surface area contributed by atoms with Gasteiger partial charge in [0, 0.05) is 22.8 Å². The van der Waals surface area contributed by atoms with E-state index in [9.17, 15) is 14.4 Å². The lowest BCUT2D eigenvalue weighted by Gasteiger charge is -2.10. The number of hydrogen-bond acceptors (Lipinski definition) is 7. The summed E-state index contributed by atoms with van der Waals surface area (Å²) >= 11 is 1.35. The molecule has 0 atom stereocenters. The highest BCUT2D eigenvalue weighted by Gasteiger charge is 2.12. The van der Waals surface area contributed by atoms with Crippen LogP contribution < -0.4 is 15.6 Å². The van der Waals surface area contributed by atoms with Crippen LogP contribution in [0, 0.1) is 20.8 Å². The van der Waals surface area contributed by atoms with Crippen molar-refractivity contribution in [2.45, 2.75) is 27.4 Å². The van der Waals surface area contributed by atoms with Gasteiger partial charge in [-0.1, -0.05) is 12.1 Å². The molecule has 1 N–H and O–H groups in total. The lowest BCUT2D eigenvalue weighted by molar-refractivity contribution is -0.118. The van der Waals surface area contributed by atoms with Gasteiger partial charge in [-0.2, -0.15) is 0 Å². The molecular weight excluding hydrogens is 454 g/mol. The van der Waals surface area contributed by atoms with Crippen molar-refractivity contribution in [3.05, 3.63) is 92.3 Å². The molecule has 2 aromatic carbocycles. The van der Waals surface area contributed by atoms with Crippen LogP contribution in [-0.2, 0) is 16.1 Å². The van der Waals surface area contributed by atoms with Crippen molar-refractivity contribution in [3.63, 3.8) is 0 Å². The van der Waals surface area contributed by atoms with Crippen molar-refractivity contribution in [1.82, 2.24) is 9.38 Å². The maximum absolute atomic E-state index is 12.5. The first-order valence-electron chi connectivity index (χ1n) is 10.5. The third-order valence-electron chi connectivity index (χ3n) is 5.21. The molecule has 1 amide bonds. The van der Waals surface area contributed by atoms with E-state index < -0.39 is 5.97 Å². The molecule has 8 nitrogen and oxygen atoms in total. The number of anilines is 1. The number of hydrogen-bond donors (Lipinski definition) is 1. The molecule has 0 bridgehead atoms. The Kier molecular flexibility index (Phi) is 6.74. The fraction of sp³-hybridized carbons (Fsp3) is 0.200. The predicted molar refractivity (Wildman–Crippen MR) is 130 cm³/mol. The maximum atomic E-state index is 12.5. The average Bonchev–Trinajstić information content (AvgIpc) is 3.19. The molecular formula is C25H23N3O5S. The van der Waals surface area contributed by atoms with Crippen LogP contribution in [0.15, 0.2) is 58.7 Å². The molecule has 4 aromatic rings. The summed E-state index contributed by atoms with van der Waals surface area (Å²) in [5.41, 5.74) is 3.88. The van der Waals surface area contributed by atoms with Gasteiger partial charge < -0.3 is 14.8 Å². The van der Waals surface area contributed by atoms with Gasteiger partial charge in [0.1, 0.15) is 12.4 Å². The Morgan fingerprint density at radius 1 is 1.06 bits per heavy atom. The van der Waals surface area contributed by atoms with E-state index in [1.807, 2.05) is 44.4 Å². The fourth-order valence-corrected chi connectivity index (χ4v) is 4.16. The number of aromatic nitrogens is 2. The van der Waals surface area contributed by atoms with Crippen molar-refractivity contribution in [1.29, 1.82) is 0 Å². The smallest absolute Gasteiger partial charge is 0.338 e. The zero-order valence-electron chi connectivity index (χ0n) is 19.0. The Labute approximate surface area is 199 Å². The number of nitrogens with one attached hydrogen (secondary N) is 1. The average molecular weight is 478 g/mol. The number of nitrogens with zero attached hydrogens (tertiary/aromatic N) is 2. The Morgan fingerprint density at radius 2 is 1.88 bits per heavy atom. The number of amides is 1. The molecule has 0 fully saturated rings. The first-order chi connectivity index (χ1) is 16.3. The van der Waals surface area contributed by atoms with Crippen molar-refractivity contribution in [2.24, 2.45) is 0 Å². The minimum Gasteiger partial charge on any atom is -0.484 e. The summed E-state index contributed by atoms with van der Waals surface area (Å²) in [6, 6.07) is 13.4. The Bertz CT molecular complexity index is 1440. The Hall–Kier alpha value is -3.98. The highest BCUT2D eigenvalue weighted by atomic mass is 32.1. The van der Waals surface area contributed by atoms with Gasteiger partial charge in [0.15, 0.2) is 11.6 Å². The first-order valence-corrected chi connectivity index (χ1v) is 11.4. The van der Waals surface area contributed by atoms with E-state index in [2.05, 4.69) is 10.3 Å². The lowest BCUT2D eigenvalue weighted by atomic mass is 10.1. The Balaban J connectivity index is 1.35. The molecule has 34 heavy (non-hydrogen) atoms. The zero-order valence-corrected chi connectivity index (χ0v) is 19.8. The maximum Gasteiger partial charge on any atom is 0.338 e. The number of rotatable bonds is 7. The van der Waals surface area contributed by atoms with E-state index in [0.29, 0.717) is 22.1 Å². The van der Waals surface area contributed by atoms with Crippen molar-refractivity contribution >= 4 is 33.9 Å². The van der Waals surface area contributed by atoms with E-state index in [-0.39, 0.29) is 30.2 Å². The van der Waals surface area contributed by atoms with E-state index >= 15 is 0 Å². The molecule has 0 radical (unpaired) electrons. The van der Waals surface area contributed by atoms with Gasteiger partial charge in [-0.05, 0) is 62.2 Å². The molecule has 2 aromatic heterocycles. The number of esters is 1. The van der Waals surface area contributed by atoms with Crippen molar-refractivity contribution in [3.8, 4) is 5.75 Å². The summed E-state index contributed by atoms with van der Waals surface area (Å²) < 4.78 is 12.4. The van der Waals surface area contributed by atoms with E-state index in [4.69, 9.17) is 9.47 Å². The molecule has 0 aliphatic carbocycles. The topological polar surface area (TPSA) is 99.0 Å². The molecule has 2 heterocycles. The third-order valence-corrected chi connectivity index (χ3v) is 6.15. The van der Waals surface area contributed by atoms with Crippen LogP contribution in [0.25, 0.3) is 4.96 Å². The van der Waals surface area contributed by atoms with Crippen LogP contribution in [0.2, 0.25) is 0 Å². The van der Waals surface area contributed by atoms with E-state index in [0.717, 1.165) is 16.8 Å². The molecule has 0 saturated carbocycles. The van der Waals surface area contributed by atoms with E-state index in [1.54, 1.807) is 18.2 Å². The third kappa shape index (κ3) is 5.32. The molecule has 4 rings (SSSR count). The van der Waals surface area contributed by atoms with Gasteiger partial charge >= 0.3 is 5.97 Å². The van der Waals surface area contributed by atoms with Crippen LogP contribution in [0.5, 0.6) is 5.75 Å². The van der Waals surface area contributed by atoms with Gasteiger partial charge in [-0.15, -0.1) is 11.3 Å².